The number of aromatic nitrogens is 6. The number of anilines is 5. The van der Waals surface area contributed by atoms with Crippen molar-refractivity contribution in [2.75, 3.05) is 44.4 Å². The van der Waals surface area contributed by atoms with Crippen molar-refractivity contribution in [3.63, 3.8) is 0 Å². The number of primary amides is 2. The third-order valence-corrected chi connectivity index (χ3v) is 9.89. The number of amides is 3. The summed E-state index contributed by atoms with van der Waals surface area (Å²) < 4.78 is 25.8. The van der Waals surface area contributed by atoms with Crippen LogP contribution in [0.15, 0.2) is 36.4 Å². The first kappa shape index (κ1) is 50.1. The highest BCUT2D eigenvalue weighted by atomic mass is 35.5. The van der Waals surface area contributed by atoms with Gasteiger partial charge in [-0.1, -0.05) is 37.3 Å². The maximum atomic E-state index is 11.8. The zero-order chi connectivity index (χ0) is 47.0. The Morgan fingerprint density at radius 1 is 0.641 bits per heavy atom. The van der Waals surface area contributed by atoms with Crippen molar-refractivity contribution >= 4 is 58.3 Å². The lowest BCUT2D eigenvalue weighted by Gasteiger charge is -2.30. The molecule has 22 nitrogen and oxygen atoms in total. The Hall–Kier alpha value is -6.52. The van der Waals surface area contributed by atoms with Gasteiger partial charge in [-0.25, -0.2) is 4.79 Å². The lowest BCUT2D eigenvalue weighted by molar-refractivity contribution is 0.0485. The van der Waals surface area contributed by atoms with Gasteiger partial charge in [-0.2, -0.15) is 9.97 Å². The quantitative estimate of drug-likeness (QED) is 0.0910. The highest BCUT2D eigenvalue weighted by Crippen LogP contribution is 2.30. The van der Waals surface area contributed by atoms with Gasteiger partial charge in [0.2, 0.25) is 0 Å². The van der Waals surface area contributed by atoms with Gasteiger partial charge in [0.05, 0.1) is 39.8 Å². The molecule has 4 heterocycles. The van der Waals surface area contributed by atoms with Crippen LogP contribution < -0.4 is 63.1 Å². The lowest BCUT2D eigenvalue weighted by Crippen LogP contribution is -2.50. The van der Waals surface area contributed by atoms with E-state index >= 15 is 0 Å². The number of hydrogen-bond acceptors (Lipinski definition) is 19. The molecular formula is C41H59ClN14O8. The summed E-state index contributed by atoms with van der Waals surface area (Å²) in [5, 5.41) is 27.5. The molecule has 3 amide bonds. The van der Waals surface area contributed by atoms with E-state index in [-0.39, 0.29) is 52.7 Å². The van der Waals surface area contributed by atoms with Crippen LogP contribution in [0.2, 0.25) is 5.15 Å². The van der Waals surface area contributed by atoms with Crippen LogP contribution in [0, 0.1) is 0 Å². The van der Waals surface area contributed by atoms with Crippen molar-refractivity contribution in [2.45, 2.75) is 102 Å². The molecule has 23 heteroatoms. The van der Waals surface area contributed by atoms with Crippen molar-refractivity contribution in [3.8, 4) is 23.3 Å². The highest BCUT2D eigenvalue weighted by molar-refractivity contribution is 6.29. The predicted molar refractivity (Wildman–Crippen MR) is 241 cm³/mol. The molecule has 0 bridgehead atoms. The second kappa shape index (κ2) is 23.8. The average molecular weight is 911 g/mol. The van der Waals surface area contributed by atoms with Crippen LogP contribution >= 0.6 is 11.6 Å². The Kier molecular flexibility index (Phi) is 18.6. The number of alkyl carbamates (subject to hydrolysis) is 1. The van der Waals surface area contributed by atoms with E-state index in [2.05, 4.69) is 51.6 Å². The number of nitrogens with one attached hydrogen (secondary N) is 4. The number of nitrogens with zero attached hydrogens (tertiary/aromatic N) is 6. The molecule has 0 unspecified atom stereocenters. The Bertz CT molecular complexity index is 2200. The van der Waals surface area contributed by atoms with Crippen molar-refractivity contribution in [1.29, 1.82) is 0 Å². The Morgan fingerprint density at radius 3 is 1.56 bits per heavy atom. The number of ether oxygens (including phenoxy) is 5. The molecule has 348 valence electrons. The van der Waals surface area contributed by atoms with Crippen LogP contribution in [-0.4, -0.2) is 106 Å². The summed E-state index contributed by atoms with van der Waals surface area (Å²) in [6, 6.07) is 10.1. The SMILES string of the molecule is CC(C)(C)OC(=O)N[C@H]1CCCC[C@H]1N.COc1ccc(Nc2cc(Cl)nnc2C(N)=O)nc1OC.COc1ccc(Nc2cc(N[C@@H]3CCCC[C@@H]3N)nnc2C(N)=O)nc1OC. The zero-order valence-electron chi connectivity index (χ0n) is 37.1. The number of halogens is 1. The molecule has 4 aromatic heterocycles. The van der Waals surface area contributed by atoms with Crippen molar-refractivity contribution in [3.05, 3.63) is 52.9 Å². The molecule has 0 aliphatic heterocycles. The largest absolute Gasteiger partial charge is 0.491 e. The first-order valence-corrected chi connectivity index (χ1v) is 20.8. The van der Waals surface area contributed by atoms with Gasteiger partial charge in [0.1, 0.15) is 17.2 Å². The third kappa shape index (κ3) is 15.1. The van der Waals surface area contributed by atoms with Gasteiger partial charge in [0, 0.05) is 36.3 Å². The molecule has 0 aromatic carbocycles. The smallest absolute Gasteiger partial charge is 0.407 e. The molecule has 4 atom stereocenters. The third-order valence-electron chi connectivity index (χ3n) is 9.70. The van der Waals surface area contributed by atoms with Gasteiger partial charge in [-0.3, -0.25) is 9.59 Å². The van der Waals surface area contributed by atoms with Crippen LogP contribution in [0.1, 0.15) is 93.1 Å². The average Bonchev–Trinajstić information content (AvgIpc) is 3.25. The molecule has 2 aliphatic rings. The van der Waals surface area contributed by atoms with Crippen molar-refractivity contribution in [1.82, 2.24) is 35.7 Å². The number of hydrogen-bond donors (Lipinski definition) is 8. The van der Waals surface area contributed by atoms with E-state index in [1.165, 1.54) is 34.5 Å². The number of rotatable bonds is 13. The summed E-state index contributed by atoms with van der Waals surface area (Å²) in [5.41, 5.74) is 23.0. The maximum absolute atomic E-state index is 11.8. The predicted octanol–water partition coefficient (Wildman–Crippen LogP) is 4.58. The van der Waals surface area contributed by atoms with E-state index in [1.807, 2.05) is 20.8 Å². The fraction of sp³-hybridized carbons (Fsp3) is 0.488. The van der Waals surface area contributed by atoms with Gasteiger partial charge in [0.15, 0.2) is 33.9 Å². The molecule has 2 saturated carbocycles. The van der Waals surface area contributed by atoms with Gasteiger partial charge in [0.25, 0.3) is 23.6 Å². The summed E-state index contributed by atoms with van der Waals surface area (Å²) in [6.45, 7) is 5.56. The van der Waals surface area contributed by atoms with Crippen molar-refractivity contribution < 1.29 is 38.1 Å². The second-order valence-corrected chi connectivity index (χ2v) is 16.0. The molecule has 4 aromatic rings. The summed E-state index contributed by atoms with van der Waals surface area (Å²) in [6.07, 6.45) is 8.04. The molecular weight excluding hydrogens is 852 g/mol. The standard InChI is InChI=1S/C18H25N7O3.C12H12ClN5O3.C11H22N2O2/c1-27-13-7-8-14(23-18(13)28-2)22-12-9-15(24-25-16(12)17(20)26)21-11-6-4-3-5-10(11)19;1-20-7-3-4-9(16-12(7)21-2)15-6-5-8(13)17-18-10(6)11(14)19;1-11(2,3)15-10(14)13-9-7-5-4-6-8(9)12/h7-11H,3-6,19H2,1-2H3,(H2,20,26)(H2,21,22,23,24);3-5H,1-2H3,(H2,14,19)(H,15,16,17);8-9H,4-7,12H2,1-3H3,(H,13,14)/t10-,11+;;8-,9+/m0.1/s1. The minimum Gasteiger partial charge on any atom is -0.491 e. The number of nitrogens with two attached hydrogens (primary N) is 4. The number of pyridine rings is 2. The molecule has 6 rings (SSSR count). The fourth-order valence-electron chi connectivity index (χ4n) is 6.58. The number of carbonyl (C=O) groups excluding carboxylic acids is 3. The zero-order valence-corrected chi connectivity index (χ0v) is 37.8. The maximum Gasteiger partial charge on any atom is 0.407 e. The molecule has 0 spiro atoms. The van der Waals surface area contributed by atoms with E-state index in [0.717, 1.165) is 51.4 Å². The number of carbonyl (C=O) groups is 3. The topological polar surface area (TPSA) is 327 Å². The van der Waals surface area contributed by atoms with Crippen LogP contribution in [0.25, 0.3) is 0 Å². The van der Waals surface area contributed by atoms with Gasteiger partial charge < -0.3 is 67.9 Å². The monoisotopic (exact) mass is 910 g/mol. The molecule has 0 radical (unpaired) electrons. The summed E-state index contributed by atoms with van der Waals surface area (Å²) in [5.74, 6) is 1.48. The summed E-state index contributed by atoms with van der Waals surface area (Å²) in [7, 11) is 5.99. The van der Waals surface area contributed by atoms with Crippen molar-refractivity contribution in [2.24, 2.45) is 22.9 Å². The second-order valence-electron chi connectivity index (χ2n) is 15.6. The van der Waals surface area contributed by atoms with E-state index in [1.54, 1.807) is 30.3 Å². The first-order valence-electron chi connectivity index (χ1n) is 20.4. The highest BCUT2D eigenvalue weighted by Gasteiger charge is 2.26. The molecule has 0 saturated heterocycles. The molecule has 64 heavy (non-hydrogen) atoms. The van der Waals surface area contributed by atoms with E-state index in [9.17, 15) is 14.4 Å². The van der Waals surface area contributed by atoms with Gasteiger partial charge in [-0.05, 0) is 70.7 Å². The van der Waals surface area contributed by atoms with Crippen LogP contribution in [0.5, 0.6) is 23.3 Å². The Balaban J connectivity index is 0.000000221. The molecule has 2 aliphatic carbocycles. The van der Waals surface area contributed by atoms with Crippen LogP contribution in [0.4, 0.5) is 33.6 Å². The van der Waals surface area contributed by atoms with E-state index in [4.69, 9.17) is 58.2 Å². The Morgan fingerprint density at radius 2 is 1.11 bits per heavy atom. The van der Waals surface area contributed by atoms with Crippen LogP contribution in [0.3, 0.4) is 0 Å². The summed E-state index contributed by atoms with van der Waals surface area (Å²) in [4.78, 5) is 43.1. The normalized spacial score (nSPS) is 18.0. The Labute approximate surface area is 376 Å². The van der Waals surface area contributed by atoms with Gasteiger partial charge in [-0.15, -0.1) is 20.4 Å². The van der Waals surface area contributed by atoms with E-state index < -0.39 is 17.4 Å². The molecule has 12 N–H and O–H groups in total. The first-order chi connectivity index (χ1) is 30.4. The van der Waals surface area contributed by atoms with Gasteiger partial charge >= 0.3 is 6.09 Å². The molecule has 2 fully saturated rings. The fourth-order valence-corrected chi connectivity index (χ4v) is 6.73. The minimum atomic E-state index is -0.734. The summed E-state index contributed by atoms with van der Waals surface area (Å²) >= 11 is 5.76. The lowest BCUT2D eigenvalue weighted by atomic mass is 9.91. The minimum absolute atomic E-state index is 0.00933. The van der Waals surface area contributed by atoms with E-state index in [0.29, 0.717) is 46.2 Å². The number of methoxy groups -OCH3 is 4. The van der Waals surface area contributed by atoms with Crippen LogP contribution in [-0.2, 0) is 4.74 Å².